The summed E-state index contributed by atoms with van der Waals surface area (Å²) in [6.45, 7) is 15.6. The molecule has 7 nitrogen and oxygen atoms in total. The van der Waals surface area contributed by atoms with Crippen LogP contribution >= 0.6 is 0 Å². The number of rotatable bonds is 17. The Balaban J connectivity index is 5.55. The molecule has 0 aliphatic carbocycles. The fourth-order valence-electron chi connectivity index (χ4n) is 4.81. The van der Waals surface area contributed by atoms with Crippen LogP contribution in [0.4, 0.5) is 0 Å². The second kappa shape index (κ2) is 14.0. The monoisotopic (exact) mass is 494 g/mol. The third kappa shape index (κ3) is 9.41. The van der Waals surface area contributed by atoms with E-state index in [2.05, 4.69) is 52.4 Å². The molecule has 0 unspecified atom stereocenters. The van der Waals surface area contributed by atoms with E-state index in [9.17, 15) is 13.7 Å². The zero-order chi connectivity index (χ0) is 25.2. The Morgan fingerprint density at radius 1 is 1.03 bits per heavy atom. The van der Waals surface area contributed by atoms with Gasteiger partial charge in [-0.25, -0.2) is 10.1 Å². The molecule has 0 bridgehead atoms. The van der Waals surface area contributed by atoms with E-state index >= 15 is 0 Å². The quantitative estimate of drug-likeness (QED) is 0.0537. The summed E-state index contributed by atoms with van der Waals surface area (Å²) in [7, 11) is -4.35. The molecule has 0 radical (unpaired) electrons. The van der Waals surface area contributed by atoms with Gasteiger partial charge in [-0.3, -0.25) is 4.18 Å². The van der Waals surface area contributed by atoms with Crippen molar-refractivity contribution in [2.24, 2.45) is 5.92 Å². The second-order valence-electron chi connectivity index (χ2n) is 9.75. The van der Waals surface area contributed by atoms with Crippen LogP contribution in [-0.4, -0.2) is 53.9 Å². The minimum absolute atomic E-state index is 0.188. The Labute approximate surface area is 197 Å². The van der Waals surface area contributed by atoms with Crippen LogP contribution in [0.3, 0.4) is 0 Å². The minimum atomic E-state index is -3.69. The van der Waals surface area contributed by atoms with Gasteiger partial charge in [-0.2, -0.15) is 8.42 Å². The maximum Gasteiger partial charge on any atom is 0.264 e. The molecule has 0 amide bonds. The Morgan fingerprint density at radius 2 is 1.56 bits per heavy atom. The van der Waals surface area contributed by atoms with Gasteiger partial charge in [0.1, 0.15) is 0 Å². The maximum atomic E-state index is 12.0. The smallest absolute Gasteiger partial charge is 0.264 e. The molecule has 0 aliphatic rings. The highest BCUT2D eigenvalue weighted by molar-refractivity contribution is 7.86. The van der Waals surface area contributed by atoms with Gasteiger partial charge in [0.25, 0.3) is 10.1 Å². The van der Waals surface area contributed by atoms with Gasteiger partial charge in [0.2, 0.25) is 5.79 Å². The molecule has 32 heavy (non-hydrogen) atoms. The van der Waals surface area contributed by atoms with Crippen LogP contribution in [-0.2, 0) is 28.4 Å². The zero-order valence-electron chi connectivity index (χ0n) is 21.5. The molecule has 0 rings (SSSR count). The van der Waals surface area contributed by atoms with E-state index in [1.807, 2.05) is 6.92 Å². The SMILES string of the molecule is C#CCCC[C@](CC[C@@H](OS(C)(=O)=O)[C@@H](C)CO[Si](C(C)C)(C(C)C)C(C)C)(OC)OO. The zero-order valence-corrected chi connectivity index (χ0v) is 23.3. The first-order valence-electron chi connectivity index (χ1n) is 11.5. The van der Waals surface area contributed by atoms with Crippen molar-refractivity contribution in [3.05, 3.63) is 0 Å². The van der Waals surface area contributed by atoms with Crippen LogP contribution in [0.15, 0.2) is 0 Å². The fourth-order valence-corrected chi connectivity index (χ4v) is 11.1. The number of hydrogen-bond donors (Lipinski definition) is 1. The summed E-state index contributed by atoms with van der Waals surface area (Å²) in [5.74, 6) is 1.10. The van der Waals surface area contributed by atoms with Gasteiger partial charge in [-0.05, 0) is 29.5 Å². The first-order chi connectivity index (χ1) is 14.7. The molecular weight excluding hydrogens is 448 g/mol. The second-order valence-corrected chi connectivity index (χ2v) is 16.8. The minimum Gasteiger partial charge on any atom is -0.416 e. The van der Waals surface area contributed by atoms with Crippen molar-refractivity contribution in [1.29, 1.82) is 0 Å². The predicted octanol–water partition coefficient (Wildman–Crippen LogP) is 5.58. The molecule has 0 aromatic rings. The molecule has 190 valence electrons. The van der Waals surface area contributed by atoms with Crippen molar-refractivity contribution in [2.45, 2.75) is 109 Å². The van der Waals surface area contributed by atoms with Crippen LogP contribution in [0.5, 0.6) is 0 Å². The van der Waals surface area contributed by atoms with Crippen molar-refractivity contribution in [3.63, 3.8) is 0 Å². The molecule has 0 fully saturated rings. The normalized spacial score (nSPS) is 16.9. The molecule has 3 atom stereocenters. The van der Waals surface area contributed by atoms with E-state index < -0.39 is 30.3 Å². The number of unbranched alkanes of at least 4 members (excludes halogenated alkanes) is 1. The van der Waals surface area contributed by atoms with Crippen LogP contribution in [0, 0.1) is 18.3 Å². The molecule has 1 N–H and O–H groups in total. The van der Waals surface area contributed by atoms with Gasteiger partial charge in [0.05, 0.1) is 12.4 Å². The fraction of sp³-hybridized carbons (Fsp3) is 0.913. The van der Waals surface area contributed by atoms with E-state index in [1.165, 1.54) is 7.11 Å². The molecule has 0 aromatic carbocycles. The Bertz CT molecular complexity index is 645. The predicted molar refractivity (Wildman–Crippen MR) is 131 cm³/mol. The molecular formula is C23H46O7SSi. The molecule has 0 aromatic heterocycles. The standard InChI is InChI=1S/C23H46O7SSi/c1-11-12-13-15-23(27-9,30-24)16-14-22(29-31(10,25)26)21(8)17-28-32(18(2)3,19(4)5)20(6)7/h1,18-22,24H,12-17H2,2-10H3/t21-,22+,23-/m0/s1. The third-order valence-corrected chi connectivity index (χ3v) is 13.1. The average Bonchev–Trinajstić information content (AvgIpc) is 2.68. The Kier molecular flexibility index (Phi) is 13.8. The average molecular weight is 495 g/mol. The van der Waals surface area contributed by atoms with E-state index in [0.29, 0.717) is 48.9 Å². The summed E-state index contributed by atoms with van der Waals surface area (Å²) in [5.41, 5.74) is 1.26. The van der Waals surface area contributed by atoms with Gasteiger partial charge < -0.3 is 9.16 Å². The van der Waals surface area contributed by atoms with Crippen LogP contribution < -0.4 is 0 Å². The summed E-state index contributed by atoms with van der Waals surface area (Å²) >= 11 is 0. The van der Waals surface area contributed by atoms with E-state index in [0.717, 1.165) is 6.26 Å². The lowest BCUT2D eigenvalue weighted by Gasteiger charge is -2.43. The molecule has 0 aliphatic heterocycles. The highest BCUT2D eigenvalue weighted by Gasteiger charge is 2.45. The molecule has 9 heteroatoms. The topological polar surface area (TPSA) is 91.3 Å². The van der Waals surface area contributed by atoms with Crippen molar-refractivity contribution in [1.82, 2.24) is 0 Å². The number of ether oxygens (including phenoxy) is 1. The van der Waals surface area contributed by atoms with Gasteiger partial charge in [-0.15, -0.1) is 12.3 Å². The van der Waals surface area contributed by atoms with Gasteiger partial charge in [0.15, 0.2) is 8.32 Å². The Morgan fingerprint density at radius 3 is 1.94 bits per heavy atom. The van der Waals surface area contributed by atoms with E-state index in [4.69, 9.17) is 19.8 Å². The highest BCUT2D eigenvalue weighted by Crippen LogP contribution is 2.42. The number of terminal acetylenes is 1. The molecule has 0 heterocycles. The summed E-state index contributed by atoms with van der Waals surface area (Å²) in [4.78, 5) is 4.68. The lowest BCUT2D eigenvalue weighted by atomic mass is 9.96. The first kappa shape index (κ1) is 31.5. The lowest BCUT2D eigenvalue weighted by Crippen LogP contribution is -2.49. The van der Waals surface area contributed by atoms with Gasteiger partial charge in [-0.1, -0.05) is 48.5 Å². The Hall–Kier alpha value is -0.473. The van der Waals surface area contributed by atoms with Crippen molar-refractivity contribution >= 4 is 18.4 Å². The highest BCUT2D eigenvalue weighted by atomic mass is 32.2. The number of methoxy groups -OCH3 is 1. The van der Waals surface area contributed by atoms with E-state index in [1.54, 1.807) is 0 Å². The van der Waals surface area contributed by atoms with Gasteiger partial charge in [0, 0.05) is 38.9 Å². The summed E-state index contributed by atoms with van der Waals surface area (Å²) in [6.07, 6.45) is 7.78. The van der Waals surface area contributed by atoms with Crippen molar-refractivity contribution in [2.75, 3.05) is 20.0 Å². The largest absolute Gasteiger partial charge is 0.416 e. The molecule has 0 spiro atoms. The summed E-state index contributed by atoms with van der Waals surface area (Å²) in [5, 5.41) is 9.50. The third-order valence-electron chi connectivity index (χ3n) is 6.46. The van der Waals surface area contributed by atoms with Crippen molar-refractivity contribution in [3.8, 4) is 12.3 Å². The van der Waals surface area contributed by atoms with Crippen LogP contribution in [0.2, 0.25) is 16.6 Å². The van der Waals surface area contributed by atoms with Crippen LogP contribution in [0.1, 0.15) is 80.6 Å². The summed E-state index contributed by atoms with van der Waals surface area (Å²) in [6, 6.07) is 0. The van der Waals surface area contributed by atoms with Crippen LogP contribution in [0.25, 0.3) is 0 Å². The summed E-state index contributed by atoms with van der Waals surface area (Å²) < 4.78 is 41.5. The van der Waals surface area contributed by atoms with Crippen molar-refractivity contribution < 1.29 is 31.9 Å². The molecule has 0 saturated heterocycles. The lowest BCUT2D eigenvalue weighted by molar-refractivity contribution is -0.403. The number of hydrogen-bond acceptors (Lipinski definition) is 7. The van der Waals surface area contributed by atoms with Gasteiger partial charge >= 0.3 is 0 Å². The molecule has 0 saturated carbocycles. The van der Waals surface area contributed by atoms with E-state index in [-0.39, 0.29) is 12.3 Å². The first-order valence-corrected chi connectivity index (χ1v) is 15.5. The maximum absolute atomic E-state index is 12.0.